The van der Waals surface area contributed by atoms with Gasteiger partial charge >= 0.3 is 6.03 Å². The summed E-state index contributed by atoms with van der Waals surface area (Å²) in [6.45, 7) is 2.43. The molecule has 3 heterocycles. The van der Waals surface area contributed by atoms with E-state index in [1.54, 1.807) is 22.7 Å². The molecule has 1 aromatic carbocycles. The monoisotopic (exact) mass is 366 g/mol. The average Bonchev–Trinajstić information content (AvgIpc) is 3.29. The lowest BCUT2D eigenvalue weighted by molar-refractivity contribution is 0.142. The summed E-state index contributed by atoms with van der Waals surface area (Å²) in [4.78, 5) is 19.2. The summed E-state index contributed by atoms with van der Waals surface area (Å²) in [6, 6.07) is 9.50. The van der Waals surface area contributed by atoms with Crippen LogP contribution < -0.4 is 5.32 Å². The van der Waals surface area contributed by atoms with Crippen molar-refractivity contribution >= 4 is 11.8 Å². The van der Waals surface area contributed by atoms with Crippen LogP contribution in [0.5, 0.6) is 0 Å². The maximum Gasteiger partial charge on any atom is 0.323 e. The smallest absolute Gasteiger partial charge is 0.323 e. The van der Waals surface area contributed by atoms with E-state index in [-0.39, 0.29) is 12.1 Å². The topological polar surface area (TPSA) is 89.1 Å². The van der Waals surface area contributed by atoms with Crippen molar-refractivity contribution in [2.75, 3.05) is 11.9 Å². The number of carbonyl (C=O) groups excluding carboxylic acids is 1. The second-order valence-corrected chi connectivity index (χ2v) is 6.71. The molecule has 1 aliphatic heterocycles. The molecule has 4 rings (SSSR count). The highest BCUT2D eigenvalue weighted by atomic mass is 16.5. The molecule has 0 aliphatic carbocycles. The number of nitrogens with zero attached hydrogens (tertiary/aromatic N) is 5. The summed E-state index contributed by atoms with van der Waals surface area (Å²) < 4.78 is 7.01. The fraction of sp³-hybridized carbons (Fsp3) is 0.368. The van der Waals surface area contributed by atoms with Crippen LogP contribution in [0.1, 0.15) is 37.0 Å². The first-order valence-corrected chi connectivity index (χ1v) is 9.08. The molecule has 27 heavy (non-hydrogen) atoms. The third kappa shape index (κ3) is 3.42. The van der Waals surface area contributed by atoms with E-state index in [1.807, 2.05) is 37.4 Å². The Balaban J connectivity index is 1.59. The Hall–Kier alpha value is -3.16. The van der Waals surface area contributed by atoms with Gasteiger partial charge in [-0.3, -0.25) is 10.00 Å². The van der Waals surface area contributed by atoms with E-state index in [4.69, 9.17) is 4.52 Å². The van der Waals surface area contributed by atoms with Gasteiger partial charge in [0.1, 0.15) is 11.9 Å². The lowest BCUT2D eigenvalue weighted by Gasteiger charge is -2.33. The fourth-order valence-corrected chi connectivity index (χ4v) is 3.47. The molecule has 8 nitrogen and oxygen atoms in total. The Bertz CT molecular complexity index is 933. The molecule has 3 aromatic rings. The number of likely N-dealkylation sites (tertiary alicyclic amines) is 1. The standard InChI is InChI=1S/C19H22N6O2/c1-13-21-18(27-23-13)16-10-6-7-11-25(16)19(26)22-17-15(12-20-24(17)2)14-8-4-3-5-9-14/h3-5,8-9,12,16H,6-7,10-11H2,1-2H3,(H,22,26). The van der Waals surface area contributed by atoms with E-state index < -0.39 is 0 Å². The van der Waals surface area contributed by atoms with E-state index >= 15 is 0 Å². The lowest BCUT2D eigenvalue weighted by Crippen LogP contribution is -2.41. The Morgan fingerprint density at radius 3 is 2.81 bits per heavy atom. The predicted octanol–water partition coefficient (Wildman–Crippen LogP) is 3.54. The molecule has 0 bridgehead atoms. The van der Waals surface area contributed by atoms with Gasteiger partial charge in [-0.2, -0.15) is 10.1 Å². The van der Waals surface area contributed by atoms with E-state index in [9.17, 15) is 4.79 Å². The molecule has 0 saturated carbocycles. The van der Waals surface area contributed by atoms with Crippen molar-refractivity contribution in [3.05, 3.63) is 48.2 Å². The Labute approximate surface area is 157 Å². The molecular formula is C19H22N6O2. The van der Waals surface area contributed by atoms with Crippen molar-refractivity contribution in [2.45, 2.75) is 32.2 Å². The molecular weight excluding hydrogens is 344 g/mol. The molecule has 2 amide bonds. The first kappa shape index (κ1) is 17.3. The molecule has 1 N–H and O–H groups in total. The molecule has 1 aliphatic rings. The molecule has 140 valence electrons. The van der Waals surface area contributed by atoms with Crippen LogP contribution in [0.3, 0.4) is 0 Å². The first-order chi connectivity index (χ1) is 13.1. The van der Waals surface area contributed by atoms with Crippen molar-refractivity contribution in [1.82, 2.24) is 24.8 Å². The van der Waals surface area contributed by atoms with Crippen molar-refractivity contribution in [3.8, 4) is 11.1 Å². The number of urea groups is 1. The molecule has 8 heteroatoms. The van der Waals surface area contributed by atoms with Gasteiger partial charge in [-0.25, -0.2) is 4.79 Å². The highest BCUT2D eigenvalue weighted by Gasteiger charge is 2.32. The minimum Gasteiger partial charge on any atom is -0.337 e. The number of rotatable bonds is 3. The number of amides is 2. The molecule has 1 unspecified atom stereocenters. The van der Waals surface area contributed by atoms with Crippen LogP contribution in [0.2, 0.25) is 0 Å². The van der Waals surface area contributed by atoms with Crippen molar-refractivity contribution in [1.29, 1.82) is 0 Å². The van der Waals surface area contributed by atoms with Crippen LogP contribution in [0, 0.1) is 6.92 Å². The Kier molecular flexibility index (Phi) is 4.62. The quantitative estimate of drug-likeness (QED) is 0.766. The number of benzene rings is 1. The van der Waals surface area contributed by atoms with Gasteiger partial charge in [0, 0.05) is 19.2 Å². The van der Waals surface area contributed by atoms with Gasteiger partial charge in [0.05, 0.1) is 6.20 Å². The number of anilines is 1. The van der Waals surface area contributed by atoms with Gasteiger partial charge in [-0.15, -0.1) is 0 Å². The van der Waals surface area contributed by atoms with Gasteiger partial charge in [0.25, 0.3) is 0 Å². The van der Waals surface area contributed by atoms with Gasteiger partial charge in [-0.1, -0.05) is 35.5 Å². The SMILES string of the molecule is Cc1noc(C2CCCCN2C(=O)Nc2c(-c3ccccc3)cnn2C)n1. The summed E-state index contributed by atoms with van der Waals surface area (Å²) in [5.74, 6) is 1.74. The summed E-state index contributed by atoms with van der Waals surface area (Å²) in [7, 11) is 1.82. The van der Waals surface area contributed by atoms with Gasteiger partial charge < -0.3 is 9.42 Å². The molecule has 0 radical (unpaired) electrons. The maximum atomic E-state index is 13.1. The third-order valence-corrected chi connectivity index (χ3v) is 4.84. The van der Waals surface area contributed by atoms with E-state index in [0.717, 1.165) is 30.4 Å². The van der Waals surface area contributed by atoms with Crippen molar-refractivity contribution < 1.29 is 9.32 Å². The maximum absolute atomic E-state index is 13.1. The molecule has 2 aromatic heterocycles. The van der Waals surface area contributed by atoms with Crippen LogP contribution in [0.4, 0.5) is 10.6 Å². The minimum absolute atomic E-state index is 0.184. The number of carbonyl (C=O) groups is 1. The number of aromatic nitrogens is 4. The highest BCUT2D eigenvalue weighted by Crippen LogP contribution is 2.32. The zero-order chi connectivity index (χ0) is 18.8. The number of hydrogen-bond donors (Lipinski definition) is 1. The average molecular weight is 366 g/mol. The number of piperidine rings is 1. The largest absolute Gasteiger partial charge is 0.337 e. The molecule has 1 saturated heterocycles. The molecule has 1 atom stereocenters. The van der Waals surface area contributed by atoms with E-state index in [0.29, 0.717) is 24.1 Å². The number of hydrogen-bond acceptors (Lipinski definition) is 5. The van der Waals surface area contributed by atoms with Crippen LogP contribution in [-0.4, -0.2) is 37.4 Å². The first-order valence-electron chi connectivity index (χ1n) is 9.08. The van der Waals surface area contributed by atoms with Crippen LogP contribution in [0.15, 0.2) is 41.1 Å². The van der Waals surface area contributed by atoms with E-state index in [1.165, 1.54) is 0 Å². The summed E-state index contributed by atoms with van der Waals surface area (Å²) in [6.07, 6.45) is 4.55. The number of aryl methyl sites for hydroxylation is 2. The molecule has 0 spiro atoms. The van der Waals surface area contributed by atoms with Crippen LogP contribution in [0.25, 0.3) is 11.1 Å². The second-order valence-electron chi connectivity index (χ2n) is 6.71. The summed E-state index contributed by atoms with van der Waals surface area (Å²) in [5.41, 5.74) is 1.89. The third-order valence-electron chi connectivity index (χ3n) is 4.84. The van der Waals surface area contributed by atoms with Crippen LogP contribution in [-0.2, 0) is 7.05 Å². The minimum atomic E-state index is -0.201. The highest BCUT2D eigenvalue weighted by molar-refractivity contribution is 5.93. The summed E-state index contributed by atoms with van der Waals surface area (Å²) >= 11 is 0. The second kappa shape index (κ2) is 7.22. The Morgan fingerprint density at radius 2 is 2.07 bits per heavy atom. The van der Waals surface area contributed by atoms with E-state index in [2.05, 4.69) is 20.6 Å². The lowest BCUT2D eigenvalue weighted by atomic mass is 10.0. The van der Waals surface area contributed by atoms with Crippen LogP contribution >= 0.6 is 0 Å². The summed E-state index contributed by atoms with van der Waals surface area (Å²) in [5, 5.41) is 11.2. The predicted molar refractivity (Wildman–Crippen MR) is 100.0 cm³/mol. The van der Waals surface area contributed by atoms with Gasteiger partial charge in [0.15, 0.2) is 5.82 Å². The molecule has 1 fully saturated rings. The van der Waals surface area contributed by atoms with Crippen molar-refractivity contribution in [2.24, 2.45) is 7.05 Å². The zero-order valence-corrected chi connectivity index (χ0v) is 15.4. The Morgan fingerprint density at radius 1 is 1.26 bits per heavy atom. The van der Waals surface area contributed by atoms with Gasteiger partial charge in [-0.05, 0) is 31.7 Å². The van der Waals surface area contributed by atoms with Crippen molar-refractivity contribution in [3.63, 3.8) is 0 Å². The number of nitrogens with one attached hydrogen (secondary N) is 1. The van der Waals surface area contributed by atoms with Gasteiger partial charge in [0.2, 0.25) is 5.89 Å². The fourth-order valence-electron chi connectivity index (χ4n) is 3.47. The normalized spacial score (nSPS) is 17.1. The zero-order valence-electron chi connectivity index (χ0n) is 15.4.